The van der Waals surface area contributed by atoms with E-state index in [-0.39, 0.29) is 0 Å². The number of hydrogen-bond acceptors (Lipinski definition) is 2. The van der Waals surface area contributed by atoms with Crippen molar-refractivity contribution >= 4 is 11.6 Å². The third kappa shape index (κ3) is 4.40. The molecule has 1 aliphatic carbocycles. The van der Waals surface area contributed by atoms with Crippen molar-refractivity contribution in [1.82, 2.24) is 9.80 Å². The van der Waals surface area contributed by atoms with Gasteiger partial charge in [-0.25, -0.2) is 0 Å². The summed E-state index contributed by atoms with van der Waals surface area (Å²) in [5.74, 6) is 1.60. The molecule has 2 fully saturated rings. The van der Waals surface area contributed by atoms with E-state index in [9.17, 15) is 0 Å². The molecule has 1 heterocycles. The van der Waals surface area contributed by atoms with E-state index in [1.807, 2.05) is 0 Å². The summed E-state index contributed by atoms with van der Waals surface area (Å²) < 4.78 is 0. The first-order chi connectivity index (χ1) is 8.79. The quantitative estimate of drug-likeness (QED) is 0.685. The topological polar surface area (TPSA) is 6.48 Å². The zero-order valence-corrected chi connectivity index (χ0v) is 12.7. The number of rotatable bonds is 6. The molecule has 0 bridgehead atoms. The lowest BCUT2D eigenvalue weighted by molar-refractivity contribution is 0.0944. The van der Waals surface area contributed by atoms with Crippen LogP contribution in [0, 0.1) is 5.92 Å². The number of nitrogens with zero attached hydrogens (tertiary/aromatic N) is 2. The summed E-state index contributed by atoms with van der Waals surface area (Å²) in [7, 11) is 0. The van der Waals surface area contributed by atoms with E-state index in [1.165, 1.54) is 71.2 Å². The van der Waals surface area contributed by atoms with Crippen LogP contribution in [-0.4, -0.2) is 54.4 Å². The van der Waals surface area contributed by atoms with Crippen molar-refractivity contribution in [3.05, 3.63) is 0 Å². The number of piperazine rings is 1. The minimum absolute atomic E-state index is 0.787. The lowest BCUT2D eigenvalue weighted by Gasteiger charge is -2.38. The van der Waals surface area contributed by atoms with Gasteiger partial charge in [-0.15, -0.1) is 11.6 Å². The molecule has 0 N–H and O–H groups in total. The van der Waals surface area contributed by atoms with Crippen molar-refractivity contribution in [2.75, 3.05) is 38.6 Å². The van der Waals surface area contributed by atoms with E-state index in [2.05, 4.69) is 16.7 Å². The van der Waals surface area contributed by atoms with Crippen molar-refractivity contribution in [2.45, 2.75) is 51.5 Å². The monoisotopic (exact) mass is 272 g/mol. The molecular formula is C15H29ClN2. The maximum absolute atomic E-state index is 5.79. The van der Waals surface area contributed by atoms with E-state index < -0.39 is 0 Å². The summed E-state index contributed by atoms with van der Waals surface area (Å²) in [5.41, 5.74) is 0. The maximum Gasteiger partial charge on any atom is 0.0225 e. The molecule has 1 unspecified atom stereocenters. The van der Waals surface area contributed by atoms with Gasteiger partial charge in [-0.2, -0.15) is 0 Å². The van der Waals surface area contributed by atoms with Gasteiger partial charge in [0.25, 0.3) is 0 Å². The summed E-state index contributed by atoms with van der Waals surface area (Å²) >= 11 is 5.79. The van der Waals surface area contributed by atoms with Crippen LogP contribution in [-0.2, 0) is 0 Å². The highest BCUT2D eigenvalue weighted by molar-refractivity contribution is 6.17. The molecule has 0 aromatic rings. The molecule has 0 radical (unpaired) electrons. The van der Waals surface area contributed by atoms with Crippen LogP contribution >= 0.6 is 11.6 Å². The van der Waals surface area contributed by atoms with E-state index in [0.717, 1.165) is 17.8 Å². The average molecular weight is 273 g/mol. The normalized spacial score (nSPS) is 25.7. The average Bonchev–Trinajstić information content (AvgIpc) is 2.91. The summed E-state index contributed by atoms with van der Waals surface area (Å²) in [5, 5.41) is 0. The molecule has 2 nitrogen and oxygen atoms in total. The van der Waals surface area contributed by atoms with E-state index >= 15 is 0 Å². The minimum atomic E-state index is 0.787. The third-order valence-electron chi connectivity index (χ3n) is 4.79. The van der Waals surface area contributed by atoms with Crippen LogP contribution in [0.3, 0.4) is 0 Å². The molecule has 106 valence electrons. The van der Waals surface area contributed by atoms with Crippen LogP contribution in [0.2, 0.25) is 0 Å². The highest BCUT2D eigenvalue weighted by atomic mass is 35.5. The summed E-state index contributed by atoms with van der Waals surface area (Å²) in [6, 6.07) is 0.919. The van der Waals surface area contributed by atoms with Gasteiger partial charge in [0, 0.05) is 38.1 Å². The van der Waals surface area contributed by atoms with Gasteiger partial charge in [0.05, 0.1) is 0 Å². The number of hydrogen-bond donors (Lipinski definition) is 0. The summed E-state index contributed by atoms with van der Waals surface area (Å²) in [6.07, 6.45) is 8.31. The third-order valence-corrected chi connectivity index (χ3v) is 5.01. The van der Waals surface area contributed by atoms with Gasteiger partial charge in [-0.1, -0.05) is 19.8 Å². The molecule has 1 saturated heterocycles. The fourth-order valence-electron chi connectivity index (χ4n) is 3.36. The second-order valence-corrected chi connectivity index (χ2v) is 6.57. The maximum atomic E-state index is 5.79. The molecular weight excluding hydrogens is 244 g/mol. The van der Waals surface area contributed by atoms with Gasteiger partial charge < -0.3 is 4.90 Å². The molecule has 0 aromatic heterocycles. The molecule has 2 rings (SSSR count). The Morgan fingerprint density at radius 2 is 1.72 bits per heavy atom. The lowest BCUT2D eigenvalue weighted by atomic mass is 10.0. The summed E-state index contributed by atoms with van der Waals surface area (Å²) in [6.45, 7) is 8.77. The fraction of sp³-hybridized carbons (Fsp3) is 1.00. The largest absolute Gasteiger partial charge is 0.301 e. The van der Waals surface area contributed by atoms with Crippen LogP contribution in [0.1, 0.15) is 45.4 Å². The number of halogens is 1. The first-order valence-electron chi connectivity index (χ1n) is 7.82. The van der Waals surface area contributed by atoms with Gasteiger partial charge in [0.15, 0.2) is 0 Å². The van der Waals surface area contributed by atoms with Gasteiger partial charge in [-0.05, 0) is 38.1 Å². The smallest absolute Gasteiger partial charge is 0.0225 e. The molecule has 1 atom stereocenters. The molecule has 18 heavy (non-hydrogen) atoms. The van der Waals surface area contributed by atoms with Gasteiger partial charge in [-0.3, -0.25) is 4.90 Å². The Morgan fingerprint density at radius 1 is 1.06 bits per heavy atom. The van der Waals surface area contributed by atoms with E-state index in [4.69, 9.17) is 11.6 Å². The van der Waals surface area contributed by atoms with Crippen molar-refractivity contribution in [3.8, 4) is 0 Å². The Labute approximate surface area is 118 Å². The first-order valence-corrected chi connectivity index (χ1v) is 8.35. The predicted octanol–water partition coefficient (Wildman–Crippen LogP) is 3.20. The van der Waals surface area contributed by atoms with Gasteiger partial charge in [0.2, 0.25) is 0 Å². The number of alkyl halides is 1. The molecule has 0 spiro atoms. The molecule has 3 heteroatoms. The van der Waals surface area contributed by atoms with Crippen LogP contribution in [0.5, 0.6) is 0 Å². The zero-order valence-electron chi connectivity index (χ0n) is 11.9. The Kier molecular flexibility index (Phi) is 6.26. The van der Waals surface area contributed by atoms with Gasteiger partial charge in [0.1, 0.15) is 0 Å². The summed E-state index contributed by atoms with van der Waals surface area (Å²) in [4.78, 5) is 5.39. The standard InChI is InChI=1S/C15H29ClN2/c1-14(6-8-16)7-9-17-10-12-18(13-11-17)15-4-2-3-5-15/h14-15H,2-13H2,1H3. The zero-order chi connectivity index (χ0) is 12.8. The molecule has 1 saturated carbocycles. The Bertz CT molecular complexity index is 221. The van der Waals surface area contributed by atoms with Crippen molar-refractivity contribution in [2.24, 2.45) is 5.92 Å². The Balaban J connectivity index is 1.61. The van der Waals surface area contributed by atoms with Gasteiger partial charge >= 0.3 is 0 Å². The van der Waals surface area contributed by atoms with Crippen LogP contribution < -0.4 is 0 Å². The van der Waals surface area contributed by atoms with Crippen molar-refractivity contribution in [3.63, 3.8) is 0 Å². The fourth-order valence-corrected chi connectivity index (χ4v) is 3.73. The predicted molar refractivity (Wildman–Crippen MR) is 79.4 cm³/mol. The lowest BCUT2D eigenvalue weighted by Crippen LogP contribution is -2.49. The second-order valence-electron chi connectivity index (χ2n) is 6.19. The van der Waals surface area contributed by atoms with E-state index in [1.54, 1.807) is 0 Å². The Morgan fingerprint density at radius 3 is 2.33 bits per heavy atom. The Hall–Kier alpha value is 0.210. The second kappa shape index (κ2) is 7.72. The first kappa shape index (κ1) is 14.6. The van der Waals surface area contributed by atoms with E-state index in [0.29, 0.717) is 0 Å². The van der Waals surface area contributed by atoms with Crippen molar-refractivity contribution < 1.29 is 0 Å². The molecule has 0 aromatic carbocycles. The minimum Gasteiger partial charge on any atom is -0.301 e. The van der Waals surface area contributed by atoms with Crippen LogP contribution in [0.4, 0.5) is 0 Å². The highest BCUT2D eigenvalue weighted by Gasteiger charge is 2.25. The molecule has 0 amide bonds. The SMILES string of the molecule is CC(CCCl)CCN1CCN(C2CCCC2)CC1. The van der Waals surface area contributed by atoms with Crippen molar-refractivity contribution in [1.29, 1.82) is 0 Å². The molecule has 2 aliphatic rings. The molecule has 1 aliphatic heterocycles. The van der Waals surface area contributed by atoms with Crippen LogP contribution in [0.25, 0.3) is 0 Å². The highest BCUT2D eigenvalue weighted by Crippen LogP contribution is 2.24. The van der Waals surface area contributed by atoms with Crippen LogP contribution in [0.15, 0.2) is 0 Å².